The minimum Gasteiger partial charge on any atom is -0.393 e. The highest BCUT2D eigenvalue weighted by atomic mass is 16.3. The zero-order valence-electron chi connectivity index (χ0n) is 12.0. The van der Waals surface area contributed by atoms with E-state index in [0.717, 1.165) is 31.2 Å². The molecule has 0 atom stereocenters. The number of rotatable bonds is 2. The van der Waals surface area contributed by atoms with Gasteiger partial charge in [0.15, 0.2) is 0 Å². The molecule has 1 aliphatic rings. The van der Waals surface area contributed by atoms with E-state index in [9.17, 15) is 5.11 Å². The van der Waals surface area contributed by atoms with Gasteiger partial charge in [0.25, 0.3) is 0 Å². The Morgan fingerprint density at radius 2 is 1.57 bits per heavy atom. The van der Waals surface area contributed by atoms with Crippen LogP contribution in [-0.4, -0.2) is 11.2 Å². The van der Waals surface area contributed by atoms with Gasteiger partial charge >= 0.3 is 0 Å². The van der Waals surface area contributed by atoms with Gasteiger partial charge in [0.05, 0.1) is 17.7 Å². The lowest BCUT2D eigenvalue weighted by molar-refractivity contribution is 0.122. The Balaban J connectivity index is 1.93. The Kier molecular flexibility index (Phi) is 4.03. The molecule has 3 rings (SSSR count). The van der Waals surface area contributed by atoms with E-state index in [2.05, 4.69) is 30.3 Å². The van der Waals surface area contributed by atoms with E-state index in [1.807, 2.05) is 24.3 Å². The Bertz CT molecular complexity index is 646. The minimum atomic E-state index is -0.122. The Morgan fingerprint density at radius 3 is 2.24 bits per heavy atom. The van der Waals surface area contributed by atoms with Crippen LogP contribution in [0.2, 0.25) is 0 Å². The Morgan fingerprint density at radius 1 is 0.905 bits per heavy atom. The molecular formula is C19H19NO. The summed E-state index contributed by atoms with van der Waals surface area (Å²) in [6.45, 7) is 0. The monoisotopic (exact) mass is 277 g/mol. The molecule has 0 unspecified atom stereocenters. The van der Waals surface area contributed by atoms with Crippen LogP contribution in [0.15, 0.2) is 48.5 Å². The third kappa shape index (κ3) is 2.99. The van der Waals surface area contributed by atoms with Crippen LogP contribution in [0.1, 0.15) is 42.7 Å². The molecular weight excluding hydrogens is 258 g/mol. The molecule has 1 fully saturated rings. The van der Waals surface area contributed by atoms with Crippen LogP contribution in [0, 0.1) is 11.3 Å². The van der Waals surface area contributed by atoms with Crippen molar-refractivity contribution in [3.63, 3.8) is 0 Å². The van der Waals surface area contributed by atoms with Gasteiger partial charge in [0.1, 0.15) is 0 Å². The second-order valence-electron chi connectivity index (χ2n) is 5.78. The quantitative estimate of drug-likeness (QED) is 0.892. The standard InChI is InChI=1S/C19H19NO/c20-13-14-5-7-15(8-6-14)18-3-1-2-4-19(18)16-9-11-17(21)12-10-16/h1-8,16-17,21H,9-12H2. The Hall–Kier alpha value is -2.11. The van der Waals surface area contributed by atoms with Gasteiger partial charge in [-0.15, -0.1) is 0 Å². The van der Waals surface area contributed by atoms with Gasteiger partial charge in [-0.3, -0.25) is 0 Å². The first-order valence-electron chi connectivity index (χ1n) is 7.55. The molecule has 21 heavy (non-hydrogen) atoms. The van der Waals surface area contributed by atoms with Crippen molar-refractivity contribution in [3.8, 4) is 17.2 Å². The molecule has 0 amide bonds. The maximum atomic E-state index is 9.69. The average molecular weight is 277 g/mol. The molecule has 2 aromatic rings. The summed E-state index contributed by atoms with van der Waals surface area (Å²) in [4.78, 5) is 0. The normalized spacial score (nSPS) is 21.7. The molecule has 2 nitrogen and oxygen atoms in total. The topological polar surface area (TPSA) is 44.0 Å². The van der Waals surface area contributed by atoms with E-state index in [1.54, 1.807) is 0 Å². The fourth-order valence-electron chi connectivity index (χ4n) is 3.23. The van der Waals surface area contributed by atoms with Gasteiger partial charge in [-0.25, -0.2) is 0 Å². The summed E-state index contributed by atoms with van der Waals surface area (Å²) in [6.07, 6.45) is 3.77. The van der Waals surface area contributed by atoms with Gasteiger partial charge in [0.2, 0.25) is 0 Å². The van der Waals surface area contributed by atoms with Gasteiger partial charge in [0, 0.05) is 0 Å². The van der Waals surface area contributed by atoms with E-state index < -0.39 is 0 Å². The lowest BCUT2D eigenvalue weighted by atomic mass is 9.80. The molecule has 2 heteroatoms. The van der Waals surface area contributed by atoms with Crippen LogP contribution in [0.25, 0.3) is 11.1 Å². The van der Waals surface area contributed by atoms with E-state index in [4.69, 9.17) is 5.26 Å². The molecule has 0 heterocycles. The van der Waals surface area contributed by atoms with Gasteiger partial charge in [-0.05, 0) is 60.4 Å². The third-order valence-corrected chi connectivity index (χ3v) is 4.42. The van der Waals surface area contributed by atoms with Crippen molar-refractivity contribution in [2.45, 2.75) is 37.7 Å². The van der Waals surface area contributed by atoms with E-state index in [0.29, 0.717) is 11.5 Å². The number of hydrogen-bond donors (Lipinski definition) is 1. The van der Waals surface area contributed by atoms with E-state index in [-0.39, 0.29) is 6.10 Å². The lowest BCUT2D eigenvalue weighted by Crippen LogP contribution is -2.17. The van der Waals surface area contributed by atoms with Crippen LogP contribution in [0.5, 0.6) is 0 Å². The molecule has 1 saturated carbocycles. The third-order valence-electron chi connectivity index (χ3n) is 4.42. The number of hydrogen-bond acceptors (Lipinski definition) is 2. The Labute approximate surface area is 125 Å². The maximum Gasteiger partial charge on any atom is 0.0991 e. The second kappa shape index (κ2) is 6.11. The van der Waals surface area contributed by atoms with Crippen LogP contribution in [0.3, 0.4) is 0 Å². The fraction of sp³-hybridized carbons (Fsp3) is 0.316. The van der Waals surface area contributed by atoms with Crippen molar-refractivity contribution in [2.24, 2.45) is 0 Å². The summed E-state index contributed by atoms with van der Waals surface area (Å²) in [5, 5.41) is 18.6. The summed E-state index contributed by atoms with van der Waals surface area (Å²) >= 11 is 0. The highest BCUT2D eigenvalue weighted by Crippen LogP contribution is 2.38. The number of nitriles is 1. The number of aliphatic hydroxyl groups is 1. The van der Waals surface area contributed by atoms with E-state index >= 15 is 0 Å². The molecule has 0 aromatic heterocycles. The SMILES string of the molecule is N#Cc1ccc(-c2ccccc2C2CCC(O)CC2)cc1. The van der Waals surface area contributed by atoms with Crippen molar-refractivity contribution in [1.82, 2.24) is 0 Å². The second-order valence-corrected chi connectivity index (χ2v) is 5.78. The largest absolute Gasteiger partial charge is 0.393 e. The maximum absolute atomic E-state index is 9.69. The summed E-state index contributed by atoms with van der Waals surface area (Å²) in [6, 6.07) is 18.5. The van der Waals surface area contributed by atoms with Crippen molar-refractivity contribution in [2.75, 3.05) is 0 Å². The lowest BCUT2D eigenvalue weighted by Gasteiger charge is -2.27. The van der Waals surface area contributed by atoms with Crippen LogP contribution < -0.4 is 0 Å². The molecule has 2 aromatic carbocycles. The van der Waals surface area contributed by atoms with Crippen molar-refractivity contribution < 1.29 is 5.11 Å². The van der Waals surface area contributed by atoms with Crippen LogP contribution >= 0.6 is 0 Å². The van der Waals surface area contributed by atoms with Gasteiger partial charge in [-0.1, -0.05) is 36.4 Å². The predicted octanol–water partition coefficient (Wildman–Crippen LogP) is 4.24. The first-order chi connectivity index (χ1) is 10.3. The van der Waals surface area contributed by atoms with E-state index in [1.165, 1.54) is 11.1 Å². The van der Waals surface area contributed by atoms with Crippen molar-refractivity contribution in [1.29, 1.82) is 5.26 Å². The van der Waals surface area contributed by atoms with Crippen LogP contribution in [-0.2, 0) is 0 Å². The fourth-order valence-corrected chi connectivity index (χ4v) is 3.23. The van der Waals surface area contributed by atoms with Crippen molar-refractivity contribution in [3.05, 3.63) is 59.7 Å². The summed E-state index contributed by atoms with van der Waals surface area (Å²) in [7, 11) is 0. The summed E-state index contributed by atoms with van der Waals surface area (Å²) in [5.41, 5.74) is 4.48. The number of nitrogens with zero attached hydrogens (tertiary/aromatic N) is 1. The zero-order chi connectivity index (χ0) is 14.7. The van der Waals surface area contributed by atoms with Crippen LogP contribution in [0.4, 0.5) is 0 Å². The average Bonchev–Trinajstić information content (AvgIpc) is 2.56. The highest BCUT2D eigenvalue weighted by Gasteiger charge is 2.22. The molecule has 0 aliphatic heterocycles. The molecule has 0 spiro atoms. The zero-order valence-corrected chi connectivity index (χ0v) is 12.0. The molecule has 0 bridgehead atoms. The summed E-state index contributed by atoms with van der Waals surface area (Å²) < 4.78 is 0. The number of benzene rings is 2. The smallest absolute Gasteiger partial charge is 0.0991 e. The molecule has 1 N–H and O–H groups in total. The molecule has 0 saturated heterocycles. The first kappa shape index (κ1) is 13.9. The summed E-state index contributed by atoms with van der Waals surface area (Å²) in [5.74, 6) is 0.528. The van der Waals surface area contributed by atoms with Crippen molar-refractivity contribution >= 4 is 0 Å². The first-order valence-corrected chi connectivity index (χ1v) is 7.55. The predicted molar refractivity (Wildman–Crippen MR) is 83.8 cm³/mol. The van der Waals surface area contributed by atoms with Gasteiger partial charge < -0.3 is 5.11 Å². The molecule has 106 valence electrons. The minimum absolute atomic E-state index is 0.122. The highest BCUT2D eigenvalue weighted by molar-refractivity contribution is 5.68. The van der Waals surface area contributed by atoms with Gasteiger partial charge in [-0.2, -0.15) is 5.26 Å². The molecule has 0 radical (unpaired) electrons. The number of aliphatic hydroxyl groups excluding tert-OH is 1. The molecule has 1 aliphatic carbocycles.